The number of hydrogen-bond donors (Lipinski definition) is 3. The molecule has 3 N–H and O–H groups in total. The van der Waals surface area contributed by atoms with Gasteiger partial charge in [0, 0.05) is 10.9 Å². The highest BCUT2D eigenvalue weighted by Crippen LogP contribution is 2.26. The predicted octanol–water partition coefficient (Wildman–Crippen LogP) is 2.04. The van der Waals surface area contributed by atoms with Crippen LogP contribution in [-0.4, -0.2) is 43.2 Å². The number of hydrogen-bond acceptors (Lipinski definition) is 6. The molecule has 0 aliphatic carbocycles. The number of methoxy groups -OCH3 is 2. The smallest absolute Gasteiger partial charge is 0.475 e. The normalized spacial score (nSPS) is 11.9. The van der Waals surface area contributed by atoms with Crippen LogP contribution in [0.4, 0.5) is 0 Å². The van der Waals surface area contributed by atoms with Crippen LogP contribution in [0.3, 0.4) is 0 Å². The topological polar surface area (TPSA) is 101 Å². The Balaban J connectivity index is 1.75. The third kappa shape index (κ3) is 4.72. The summed E-state index contributed by atoms with van der Waals surface area (Å²) in [5.41, 5.74) is 3.17. The number of carbonyl (C=O) groups is 1. The van der Waals surface area contributed by atoms with Crippen molar-refractivity contribution in [2.45, 2.75) is 25.7 Å². The fourth-order valence-corrected chi connectivity index (χ4v) is 3.33. The molecule has 0 aliphatic rings. The molecule has 7 nitrogen and oxygen atoms in total. The molecule has 3 rings (SSSR count). The van der Waals surface area contributed by atoms with Gasteiger partial charge in [0.2, 0.25) is 5.91 Å². The van der Waals surface area contributed by atoms with E-state index < -0.39 is 13.1 Å². The number of aryl methyl sites for hydroxylation is 1. The lowest BCUT2D eigenvalue weighted by Crippen LogP contribution is -2.48. The van der Waals surface area contributed by atoms with Gasteiger partial charge < -0.3 is 29.3 Å². The first-order valence-electron chi connectivity index (χ1n) is 9.25. The van der Waals surface area contributed by atoms with Crippen LogP contribution in [0.25, 0.3) is 11.0 Å². The Labute approximate surface area is 169 Å². The molecule has 152 valence electrons. The Morgan fingerprint density at radius 2 is 1.97 bits per heavy atom. The Morgan fingerprint density at radius 1 is 1.17 bits per heavy atom. The molecule has 0 unspecified atom stereocenters. The van der Waals surface area contributed by atoms with Gasteiger partial charge in [-0.1, -0.05) is 18.2 Å². The summed E-state index contributed by atoms with van der Waals surface area (Å²) in [6.07, 6.45) is 1.81. The fourth-order valence-electron chi connectivity index (χ4n) is 3.33. The standard InChI is InChI=1S/C21H24BNO6/c1-13-5-4-6-17-15(12-29-21(13)17)10-19(22(25)26)23-20(24)11-14-9-16(27-2)7-8-18(14)28-3/h4-9,12,19,25-26H,10-11H2,1-3H3,(H,23,24)/t19-/m0/s1. The number of para-hydroxylation sites is 1. The number of carbonyl (C=O) groups excluding carboxylic acids is 1. The number of amides is 1. The van der Waals surface area contributed by atoms with Crippen LogP contribution < -0.4 is 14.8 Å². The molecule has 1 atom stereocenters. The highest BCUT2D eigenvalue weighted by atomic mass is 16.5. The number of rotatable bonds is 8. The Kier molecular flexibility index (Phi) is 6.46. The first kappa shape index (κ1) is 20.8. The van der Waals surface area contributed by atoms with Crippen LogP contribution in [0, 0.1) is 6.92 Å². The second-order valence-corrected chi connectivity index (χ2v) is 6.86. The van der Waals surface area contributed by atoms with E-state index in [2.05, 4.69) is 5.32 Å². The Hall–Kier alpha value is -2.97. The van der Waals surface area contributed by atoms with E-state index in [4.69, 9.17) is 13.9 Å². The molecule has 0 spiro atoms. The van der Waals surface area contributed by atoms with Crippen molar-refractivity contribution in [3.63, 3.8) is 0 Å². The fraction of sp³-hybridized carbons (Fsp3) is 0.286. The summed E-state index contributed by atoms with van der Waals surface area (Å²) in [5.74, 6) is -0.0926. The first-order valence-corrected chi connectivity index (χ1v) is 9.25. The zero-order valence-electron chi connectivity index (χ0n) is 16.6. The second-order valence-electron chi connectivity index (χ2n) is 6.86. The van der Waals surface area contributed by atoms with Crippen molar-refractivity contribution in [1.82, 2.24) is 5.32 Å². The predicted molar refractivity (Wildman–Crippen MR) is 110 cm³/mol. The van der Waals surface area contributed by atoms with Crippen LogP contribution >= 0.6 is 0 Å². The third-order valence-electron chi connectivity index (χ3n) is 4.86. The van der Waals surface area contributed by atoms with Crippen molar-refractivity contribution in [2.24, 2.45) is 0 Å². The third-order valence-corrected chi connectivity index (χ3v) is 4.86. The maximum atomic E-state index is 12.6. The lowest BCUT2D eigenvalue weighted by atomic mass is 9.75. The van der Waals surface area contributed by atoms with E-state index in [1.165, 1.54) is 7.11 Å². The molecule has 0 saturated heterocycles. The first-order chi connectivity index (χ1) is 13.9. The summed E-state index contributed by atoms with van der Waals surface area (Å²) in [5, 5.41) is 23.2. The lowest BCUT2D eigenvalue weighted by molar-refractivity contribution is -0.120. The number of fused-ring (bicyclic) bond motifs is 1. The summed E-state index contributed by atoms with van der Waals surface area (Å²) >= 11 is 0. The van der Waals surface area contributed by atoms with E-state index in [0.717, 1.165) is 22.1 Å². The summed E-state index contributed by atoms with van der Waals surface area (Å²) in [4.78, 5) is 12.6. The van der Waals surface area contributed by atoms with Crippen molar-refractivity contribution in [3.05, 3.63) is 59.4 Å². The minimum atomic E-state index is -1.72. The second kappa shape index (κ2) is 9.02. The zero-order chi connectivity index (χ0) is 21.0. The van der Waals surface area contributed by atoms with Gasteiger partial charge in [-0.3, -0.25) is 4.79 Å². The molecule has 1 aromatic heterocycles. The van der Waals surface area contributed by atoms with Crippen molar-refractivity contribution in [3.8, 4) is 11.5 Å². The minimum Gasteiger partial charge on any atom is -0.497 e. The Morgan fingerprint density at radius 3 is 2.66 bits per heavy atom. The number of nitrogens with one attached hydrogen (secondary N) is 1. The number of benzene rings is 2. The number of ether oxygens (including phenoxy) is 2. The van der Waals surface area contributed by atoms with Crippen LogP contribution in [0.15, 0.2) is 47.1 Å². The molecule has 1 heterocycles. The molecular formula is C21H24BNO6. The zero-order valence-corrected chi connectivity index (χ0v) is 16.6. The van der Waals surface area contributed by atoms with Crippen molar-refractivity contribution in [1.29, 1.82) is 0 Å². The average Bonchev–Trinajstić information content (AvgIpc) is 3.11. The van der Waals surface area contributed by atoms with Gasteiger partial charge in [0.15, 0.2) is 0 Å². The molecular weight excluding hydrogens is 373 g/mol. The maximum absolute atomic E-state index is 12.6. The van der Waals surface area contributed by atoms with Crippen LogP contribution in [0.2, 0.25) is 0 Å². The SMILES string of the molecule is COc1ccc(OC)c(CC(=O)N[C@@H](Cc2coc3c(C)cccc23)B(O)O)c1. The molecule has 0 fully saturated rings. The Bertz CT molecular complexity index is 1000. The molecule has 0 radical (unpaired) electrons. The van der Waals surface area contributed by atoms with Gasteiger partial charge in [-0.25, -0.2) is 0 Å². The highest BCUT2D eigenvalue weighted by molar-refractivity contribution is 6.43. The van der Waals surface area contributed by atoms with Gasteiger partial charge in [0.05, 0.1) is 32.8 Å². The van der Waals surface area contributed by atoms with Crippen molar-refractivity contribution < 1.29 is 28.7 Å². The number of furan rings is 1. The van der Waals surface area contributed by atoms with Crippen LogP contribution in [0.5, 0.6) is 11.5 Å². The monoisotopic (exact) mass is 397 g/mol. The summed E-state index contributed by atoms with van der Waals surface area (Å²) in [7, 11) is 1.34. The molecule has 2 aromatic carbocycles. The van der Waals surface area contributed by atoms with Gasteiger partial charge >= 0.3 is 7.12 Å². The van der Waals surface area contributed by atoms with Gasteiger partial charge in [-0.2, -0.15) is 0 Å². The minimum absolute atomic E-state index is 0.00877. The quantitative estimate of drug-likeness (QED) is 0.503. The van der Waals surface area contributed by atoms with E-state index in [0.29, 0.717) is 17.1 Å². The highest BCUT2D eigenvalue weighted by Gasteiger charge is 2.27. The van der Waals surface area contributed by atoms with Gasteiger partial charge in [-0.05, 0) is 42.7 Å². The molecule has 29 heavy (non-hydrogen) atoms. The molecule has 3 aromatic rings. The van der Waals surface area contributed by atoms with E-state index in [-0.39, 0.29) is 18.7 Å². The molecule has 0 saturated carbocycles. The summed E-state index contributed by atoms with van der Waals surface area (Å²) in [6, 6.07) is 10.9. The van der Waals surface area contributed by atoms with E-state index in [1.807, 2.05) is 25.1 Å². The largest absolute Gasteiger partial charge is 0.497 e. The summed E-state index contributed by atoms with van der Waals surface area (Å²) in [6.45, 7) is 1.94. The molecule has 8 heteroatoms. The summed E-state index contributed by atoms with van der Waals surface area (Å²) < 4.78 is 16.1. The van der Waals surface area contributed by atoms with Gasteiger partial charge in [0.1, 0.15) is 17.1 Å². The van der Waals surface area contributed by atoms with Crippen LogP contribution in [-0.2, 0) is 17.6 Å². The van der Waals surface area contributed by atoms with Gasteiger partial charge in [-0.15, -0.1) is 0 Å². The van der Waals surface area contributed by atoms with Crippen molar-refractivity contribution >= 4 is 24.0 Å². The van der Waals surface area contributed by atoms with Crippen LogP contribution in [0.1, 0.15) is 16.7 Å². The molecule has 1 amide bonds. The van der Waals surface area contributed by atoms with Crippen molar-refractivity contribution in [2.75, 3.05) is 14.2 Å². The van der Waals surface area contributed by atoms with E-state index in [9.17, 15) is 14.8 Å². The lowest BCUT2D eigenvalue weighted by Gasteiger charge is -2.18. The van der Waals surface area contributed by atoms with E-state index >= 15 is 0 Å². The average molecular weight is 397 g/mol. The van der Waals surface area contributed by atoms with Gasteiger partial charge in [0.25, 0.3) is 0 Å². The maximum Gasteiger partial charge on any atom is 0.475 e. The molecule has 0 aliphatic heterocycles. The molecule has 0 bridgehead atoms. The van der Waals surface area contributed by atoms with E-state index in [1.54, 1.807) is 31.6 Å².